The Morgan fingerprint density at radius 1 is 1.11 bits per heavy atom. The Balaban J connectivity index is 1.26. The number of methoxy groups -OCH3 is 1. The van der Waals surface area contributed by atoms with Crippen LogP contribution in [0.2, 0.25) is 0 Å². The molecule has 0 radical (unpaired) electrons. The first kappa shape index (κ1) is 26.6. The molecule has 0 saturated carbocycles. The number of halogens is 1. The van der Waals surface area contributed by atoms with Gasteiger partial charge in [0.25, 0.3) is 11.8 Å². The highest BCUT2D eigenvalue weighted by molar-refractivity contribution is 14.1. The second kappa shape index (κ2) is 11.4. The number of hydrogen-bond donors (Lipinski definition) is 1. The van der Waals surface area contributed by atoms with E-state index in [1.165, 1.54) is 11.0 Å². The highest BCUT2D eigenvalue weighted by Gasteiger charge is 2.29. The zero-order valence-electron chi connectivity index (χ0n) is 21.9. The first-order chi connectivity index (χ1) is 18.3. The average Bonchev–Trinajstić information content (AvgIpc) is 3.05. The van der Waals surface area contributed by atoms with E-state index in [2.05, 4.69) is 46.2 Å². The maximum Gasteiger partial charge on any atom is 0.253 e. The Hall–Kier alpha value is -2.97. The SMILES string of the molecule is COc1cc(C(=O)N2CCC(N3CCN(I)CC3)CC2)ccc1Nc1ncc2c(n1)N(C)C=CC(=O)N2C. The molecule has 0 bridgehead atoms. The predicted molar refractivity (Wildman–Crippen MR) is 155 cm³/mol. The molecule has 202 valence electrons. The Bertz CT molecular complexity index is 1220. The highest BCUT2D eigenvalue weighted by atomic mass is 127. The normalized spacial score (nSPS) is 19.4. The lowest BCUT2D eigenvalue weighted by Crippen LogP contribution is -2.52. The number of benzene rings is 1. The van der Waals surface area contributed by atoms with Crippen LogP contribution in [0.5, 0.6) is 5.75 Å². The smallest absolute Gasteiger partial charge is 0.253 e. The van der Waals surface area contributed by atoms with Crippen LogP contribution in [0, 0.1) is 0 Å². The predicted octanol–water partition coefficient (Wildman–Crippen LogP) is 2.73. The molecule has 0 spiro atoms. The van der Waals surface area contributed by atoms with Gasteiger partial charge in [0.05, 0.1) is 19.0 Å². The molecule has 5 rings (SSSR count). The number of aromatic nitrogens is 2. The molecule has 1 aromatic heterocycles. The summed E-state index contributed by atoms with van der Waals surface area (Å²) in [6, 6.07) is 5.94. The summed E-state index contributed by atoms with van der Waals surface area (Å²) in [7, 11) is 5.09. The molecule has 2 fully saturated rings. The Kier molecular flexibility index (Phi) is 8.00. The molecule has 3 aliphatic rings. The molecule has 2 saturated heterocycles. The molecular formula is C26H33IN8O3. The van der Waals surface area contributed by atoms with Crippen LogP contribution in [0.4, 0.5) is 23.1 Å². The summed E-state index contributed by atoms with van der Waals surface area (Å²) < 4.78 is 7.95. The molecule has 2 aromatic rings. The van der Waals surface area contributed by atoms with Gasteiger partial charge in [-0.05, 0) is 31.0 Å². The number of fused-ring (bicyclic) bond motifs is 1. The number of ether oxygens (including phenoxy) is 1. The van der Waals surface area contributed by atoms with Gasteiger partial charge in [-0.2, -0.15) is 4.98 Å². The van der Waals surface area contributed by atoms with Crippen molar-refractivity contribution in [2.24, 2.45) is 0 Å². The Labute approximate surface area is 236 Å². The maximum atomic E-state index is 13.3. The summed E-state index contributed by atoms with van der Waals surface area (Å²) in [4.78, 5) is 42.3. The lowest BCUT2D eigenvalue weighted by Gasteiger charge is -2.41. The van der Waals surface area contributed by atoms with Crippen molar-refractivity contribution in [3.8, 4) is 5.75 Å². The molecule has 1 aromatic carbocycles. The molecule has 1 N–H and O–H groups in total. The molecule has 11 nitrogen and oxygen atoms in total. The van der Waals surface area contributed by atoms with E-state index < -0.39 is 0 Å². The van der Waals surface area contributed by atoms with Crippen molar-refractivity contribution in [3.05, 3.63) is 42.2 Å². The van der Waals surface area contributed by atoms with E-state index in [0.29, 0.717) is 40.5 Å². The second-order valence-corrected chi connectivity index (χ2v) is 11.1. The molecule has 3 aliphatic heterocycles. The number of carbonyl (C=O) groups is 2. The summed E-state index contributed by atoms with van der Waals surface area (Å²) in [5.74, 6) is 1.35. The minimum atomic E-state index is -0.148. The van der Waals surface area contributed by atoms with Crippen LogP contribution in [0.25, 0.3) is 0 Å². The zero-order valence-corrected chi connectivity index (χ0v) is 24.1. The van der Waals surface area contributed by atoms with Crippen LogP contribution in [-0.2, 0) is 4.79 Å². The van der Waals surface area contributed by atoms with Gasteiger partial charge >= 0.3 is 0 Å². The minimum absolute atomic E-state index is 0.0211. The van der Waals surface area contributed by atoms with Gasteiger partial charge in [-0.1, -0.05) is 0 Å². The van der Waals surface area contributed by atoms with Crippen LogP contribution >= 0.6 is 22.9 Å². The minimum Gasteiger partial charge on any atom is -0.495 e. The monoisotopic (exact) mass is 632 g/mol. The summed E-state index contributed by atoms with van der Waals surface area (Å²) in [6.07, 6.45) is 6.79. The first-order valence-corrected chi connectivity index (χ1v) is 13.8. The molecule has 38 heavy (non-hydrogen) atoms. The van der Waals surface area contributed by atoms with E-state index in [0.717, 1.165) is 52.1 Å². The summed E-state index contributed by atoms with van der Waals surface area (Å²) in [5.41, 5.74) is 1.85. The fraction of sp³-hybridized carbons (Fsp3) is 0.462. The lowest BCUT2D eigenvalue weighted by atomic mass is 10.0. The van der Waals surface area contributed by atoms with E-state index in [1.807, 2.05) is 24.1 Å². The van der Waals surface area contributed by atoms with Crippen LogP contribution in [0.15, 0.2) is 36.7 Å². The maximum absolute atomic E-state index is 13.3. The van der Waals surface area contributed by atoms with Crippen molar-refractivity contribution in [1.29, 1.82) is 0 Å². The van der Waals surface area contributed by atoms with Crippen molar-refractivity contribution >= 4 is 57.8 Å². The number of likely N-dealkylation sites (tertiary alicyclic amines) is 1. The quantitative estimate of drug-likeness (QED) is 0.395. The number of rotatable bonds is 5. The van der Waals surface area contributed by atoms with Gasteiger partial charge in [0.1, 0.15) is 11.4 Å². The number of likely N-dealkylation sites (N-methyl/N-ethyl adjacent to an activating group) is 1. The molecule has 2 amide bonds. The van der Waals surface area contributed by atoms with Gasteiger partial charge in [-0.25, -0.2) is 8.10 Å². The number of carbonyl (C=O) groups excluding carboxylic acids is 2. The standard InChI is InChI=1S/C26H33IN8O3/c1-31-9-8-23(36)32(2)21-17-28-26(30-24(21)31)29-20-5-4-18(16-22(20)38-3)25(37)34-10-6-19(7-11-34)33-12-14-35(27)15-13-33/h4-5,8-9,16-17,19H,6-7,10-15H2,1-3H3,(H,28,29,30). The Morgan fingerprint density at radius 2 is 1.84 bits per heavy atom. The number of anilines is 4. The zero-order chi connectivity index (χ0) is 26.8. The number of nitrogens with zero attached hydrogens (tertiary/aromatic N) is 7. The van der Waals surface area contributed by atoms with Crippen molar-refractivity contribution in [2.45, 2.75) is 18.9 Å². The molecule has 0 unspecified atom stereocenters. The number of nitrogens with one attached hydrogen (secondary N) is 1. The van der Waals surface area contributed by atoms with Crippen LogP contribution in [0.1, 0.15) is 23.2 Å². The highest BCUT2D eigenvalue weighted by Crippen LogP contribution is 2.32. The van der Waals surface area contributed by atoms with E-state index in [1.54, 1.807) is 37.5 Å². The van der Waals surface area contributed by atoms with E-state index in [4.69, 9.17) is 4.74 Å². The third kappa shape index (κ3) is 5.57. The van der Waals surface area contributed by atoms with Crippen molar-refractivity contribution in [1.82, 2.24) is 22.9 Å². The number of amides is 2. The van der Waals surface area contributed by atoms with Crippen LogP contribution < -0.4 is 19.9 Å². The average molecular weight is 633 g/mol. The molecule has 0 atom stereocenters. The topological polar surface area (TPSA) is 97.4 Å². The summed E-state index contributed by atoms with van der Waals surface area (Å²) in [6.45, 7) is 5.92. The molecule has 4 heterocycles. The first-order valence-electron chi connectivity index (χ1n) is 12.8. The van der Waals surface area contributed by atoms with Crippen LogP contribution in [-0.4, -0.2) is 101 Å². The third-order valence-electron chi connectivity index (χ3n) is 7.44. The fourth-order valence-electron chi connectivity index (χ4n) is 5.13. The Morgan fingerprint density at radius 3 is 2.55 bits per heavy atom. The molecular weight excluding hydrogens is 599 g/mol. The van der Waals surface area contributed by atoms with E-state index in [-0.39, 0.29) is 11.8 Å². The van der Waals surface area contributed by atoms with Gasteiger partial charge < -0.3 is 24.8 Å². The van der Waals surface area contributed by atoms with E-state index >= 15 is 0 Å². The fourth-order valence-corrected chi connectivity index (χ4v) is 5.56. The molecule has 0 aliphatic carbocycles. The number of hydrogen-bond acceptors (Lipinski definition) is 9. The van der Waals surface area contributed by atoms with Crippen molar-refractivity contribution < 1.29 is 14.3 Å². The van der Waals surface area contributed by atoms with Crippen molar-refractivity contribution in [2.75, 3.05) is 75.6 Å². The number of piperazine rings is 1. The van der Waals surface area contributed by atoms with Crippen molar-refractivity contribution in [3.63, 3.8) is 0 Å². The second-order valence-electron chi connectivity index (χ2n) is 9.74. The number of piperidine rings is 1. The van der Waals surface area contributed by atoms with Crippen LogP contribution in [0.3, 0.4) is 0 Å². The third-order valence-corrected chi connectivity index (χ3v) is 8.40. The van der Waals surface area contributed by atoms with Gasteiger partial charge in [0.15, 0.2) is 5.82 Å². The summed E-state index contributed by atoms with van der Waals surface area (Å²) >= 11 is 2.40. The van der Waals surface area contributed by atoms with Gasteiger partial charge in [-0.3, -0.25) is 14.5 Å². The molecule has 12 heteroatoms. The summed E-state index contributed by atoms with van der Waals surface area (Å²) in [5, 5.41) is 3.20. The van der Waals surface area contributed by atoms with Gasteiger partial charge in [0, 0.05) is 100 Å². The lowest BCUT2D eigenvalue weighted by molar-refractivity contribution is -0.113. The van der Waals surface area contributed by atoms with E-state index in [9.17, 15) is 9.59 Å². The van der Waals surface area contributed by atoms with Gasteiger partial charge in [0.2, 0.25) is 5.95 Å². The largest absolute Gasteiger partial charge is 0.495 e. The van der Waals surface area contributed by atoms with Gasteiger partial charge in [-0.15, -0.1) is 0 Å².